The molecule has 0 aromatic carbocycles. The Morgan fingerprint density at radius 3 is 2.43 bits per heavy atom. The smallest absolute Gasteiger partial charge is 0.221 e. The first kappa shape index (κ1) is 13.4. The van der Waals surface area contributed by atoms with E-state index in [1.807, 2.05) is 0 Å². The summed E-state index contributed by atoms with van der Waals surface area (Å²) >= 11 is 0. The monoisotopic (exact) mass is 200 g/mol. The van der Waals surface area contributed by atoms with Crippen LogP contribution in [0.5, 0.6) is 0 Å². The first-order valence-electron chi connectivity index (χ1n) is 5.56. The van der Waals surface area contributed by atoms with Crippen LogP contribution in [0, 0.1) is 5.92 Å². The van der Waals surface area contributed by atoms with Crippen molar-refractivity contribution in [1.82, 2.24) is 10.6 Å². The topological polar surface area (TPSA) is 41.1 Å². The van der Waals surface area contributed by atoms with Gasteiger partial charge in [0.1, 0.15) is 0 Å². The van der Waals surface area contributed by atoms with Crippen LogP contribution in [-0.4, -0.2) is 25.0 Å². The Hall–Kier alpha value is -0.570. The van der Waals surface area contributed by atoms with Crippen molar-refractivity contribution in [2.45, 2.75) is 46.6 Å². The van der Waals surface area contributed by atoms with E-state index in [1.165, 1.54) is 0 Å². The summed E-state index contributed by atoms with van der Waals surface area (Å²) in [6.45, 7) is 10.0. The van der Waals surface area contributed by atoms with Crippen molar-refractivity contribution < 1.29 is 4.79 Å². The summed E-state index contributed by atoms with van der Waals surface area (Å²) in [6, 6.07) is 0.456. The second kappa shape index (κ2) is 7.80. The number of hydrogen-bond acceptors (Lipinski definition) is 2. The molecule has 0 aliphatic carbocycles. The SMILES string of the molecule is CCC(C)CNC(=O)CCNC(C)C. The van der Waals surface area contributed by atoms with Gasteiger partial charge in [0, 0.05) is 25.6 Å². The van der Waals surface area contributed by atoms with E-state index in [9.17, 15) is 4.79 Å². The van der Waals surface area contributed by atoms with Crippen LogP contribution in [0.4, 0.5) is 0 Å². The minimum atomic E-state index is 0.151. The first-order valence-corrected chi connectivity index (χ1v) is 5.56. The molecule has 0 saturated heterocycles. The second-order valence-corrected chi connectivity index (χ2v) is 4.18. The third-order valence-electron chi connectivity index (χ3n) is 2.25. The zero-order chi connectivity index (χ0) is 11.0. The quantitative estimate of drug-likeness (QED) is 0.654. The predicted molar refractivity (Wildman–Crippen MR) is 60.2 cm³/mol. The van der Waals surface area contributed by atoms with Crippen molar-refractivity contribution in [3.63, 3.8) is 0 Å². The molecule has 0 fully saturated rings. The molecule has 3 heteroatoms. The van der Waals surface area contributed by atoms with Gasteiger partial charge in [-0.3, -0.25) is 4.79 Å². The molecule has 0 bridgehead atoms. The van der Waals surface area contributed by atoms with Gasteiger partial charge in [-0.15, -0.1) is 0 Å². The van der Waals surface area contributed by atoms with Crippen molar-refractivity contribution in [2.24, 2.45) is 5.92 Å². The van der Waals surface area contributed by atoms with E-state index in [1.54, 1.807) is 0 Å². The van der Waals surface area contributed by atoms with Crippen LogP contribution in [0.2, 0.25) is 0 Å². The summed E-state index contributed by atoms with van der Waals surface area (Å²) < 4.78 is 0. The summed E-state index contributed by atoms with van der Waals surface area (Å²) in [5, 5.41) is 6.15. The fraction of sp³-hybridized carbons (Fsp3) is 0.909. The van der Waals surface area contributed by atoms with E-state index in [0.29, 0.717) is 18.4 Å². The molecule has 1 amide bonds. The second-order valence-electron chi connectivity index (χ2n) is 4.18. The van der Waals surface area contributed by atoms with Crippen LogP contribution in [-0.2, 0) is 4.79 Å². The Morgan fingerprint density at radius 1 is 1.29 bits per heavy atom. The molecule has 14 heavy (non-hydrogen) atoms. The molecule has 0 aromatic rings. The molecular weight excluding hydrogens is 176 g/mol. The van der Waals surface area contributed by atoms with Crippen molar-refractivity contribution >= 4 is 5.91 Å². The molecule has 1 atom stereocenters. The Labute approximate surface area is 87.6 Å². The lowest BCUT2D eigenvalue weighted by Crippen LogP contribution is -2.32. The summed E-state index contributed by atoms with van der Waals surface area (Å²) in [6.07, 6.45) is 1.69. The number of nitrogens with one attached hydrogen (secondary N) is 2. The van der Waals surface area contributed by atoms with E-state index in [4.69, 9.17) is 0 Å². The average Bonchev–Trinajstić information content (AvgIpc) is 2.13. The zero-order valence-corrected chi connectivity index (χ0v) is 9.89. The highest BCUT2D eigenvalue weighted by atomic mass is 16.1. The molecule has 1 unspecified atom stereocenters. The van der Waals surface area contributed by atoms with Crippen LogP contribution in [0.3, 0.4) is 0 Å². The minimum absolute atomic E-state index is 0.151. The molecule has 0 aromatic heterocycles. The number of carbonyl (C=O) groups excluding carboxylic acids is 1. The van der Waals surface area contributed by atoms with Crippen LogP contribution in [0.15, 0.2) is 0 Å². The van der Waals surface area contributed by atoms with E-state index >= 15 is 0 Å². The average molecular weight is 200 g/mol. The fourth-order valence-corrected chi connectivity index (χ4v) is 0.995. The van der Waals surface area contributed by atoms with Gasteiger partial charge in [-0.05, 0) is 5.92 Å². The predicted octanol–water partition coefficient (Wildman–Crippen LogP) is 1.54. The third kappa shape index (κ3) is 8.05. The summed E-state index contributed by atoms with van der Waals surface area (Å²) in [4.78, 5) is 11.3. The van der Waals surface area contributed by atoms with Crippen LogP contribution >= 0.6 is 0 Å². The Bertz CT molecular complexity index is 157. The van der Waals surface area contributed by atoms with Gasteiger partial charge in [0.05, 0.1) is 0 Å². The molecule has 0 rings (SSSR count). The zero-order valence-electron chi connectivity index (χ0n) is 9.89. The van der Waals surface area contributed by atoms with Crippen LogP contribution in [0.1, 0.15) is 40.5 Å². The normalized spacial score (nSPS) is 12.9. The molecular formula is C11H24N2O. The van der Waals surface area contributed by atoms with Gasteiger partial charge in [-0.25, -0.2) is 0 Å². The van der Waals surface area contributed by atoms with Crippen LogP contribution in [0.25, 0.3) is 0 Å². The van der Waals surface area contributed by atoms with E-state index in [-0.39, 0.29) is 5.91 Å². The van der Waals surface area contributed by atoms with Gasteiger partial charge >= 0.3 is 0 Å². The van der Waals surface area contributed by atoms with Gasteiger partial charge < -0.3 is 10.6 Å². The standard InChI is InChI=1S/C11H24N2O/c1-5-10(4)8-13-11(14)6-7-12-9(2)3/h9-10,12H,5-8H2,1-4H3,(H,13,14). The maximum Gasteiger partial charge on any atom is 0.221 e. The minimum Gasteiger partial charge on any atom is -0.356 e. The Morgan fingerprint density at radius 2 is 1.93 bits per heavy atom. The number of amides is 1. The highest BCUT2D eigenvalue weighted by Gasteiger charge is 2.03. The van der Waals surface area contributed by atoms with Crippen molar-refractivity contribution in [1.29, 1.82) is 0 Å². The summed E-state index contributed by atoms with van der Waals surface area (Å²) in [5.74, 6) is 0.732. The van der Waals surface area contributed by atoms with Gasteiger partial charge in [0.15, 0.2) is 0 Å². The largest absolute Gasteiger partial charge is 0.356 e. The van der Waals surface area contributed by atoms with Gasteiger partial charge in [-0.1, -0.05) is 34.1 Å². The molecule has 2 N–H and O–H groups in total. The fourth-order valence-electron chi connectivity index (χ4n) is 0.995. The van der Waals surface area contributed by atoms with E-state index in [2.05, 4.69) is 38.3 Å². The van der Waals surface area contributed by atoms with Gasteiger partial charge in [0.25, 0.3) is 0 Å². The van der Waals surface area contributed by atoms with Crippen molar-refractivity contribution in [3.05, 3.63) is 0 Å². The third-order valence-corrected chi connectivity index (χ3v) is 2.25. The lowest BCUT2D eigenvalue weighted by atomic mass is 10.1. The molecule has 0 heterocycles. The van der Waals surface area contributed by atoms with Crippen molar-refractivity contribution in [2.75, 3.05) is 13.1 Å². The molecule has 3 nitrogen and oxygen atoms in total. The number of rotatable bonds is 7. The molecule has 0 aliphatic heterocycles. The Kier molecular flexibility index (Phi) is 7.48. The number of hydrogen-bond donors (Lipinski definition) is 2. The Balaban J connectivity index is 3.37. The lowest BCUT2D eigenvalue weighted by molar-refractivity contribution is -0.121. The molecule has 0 spiro atoms. The molecule has 0 saturated carbocycles. The highest BCUT2D eigenvalue weighted by molar-refractivity contribution is 5.76. The maximum absolute atomic E-state index is 11.3. The number of carbonyl (C=O) groups is 1. The van der Waals surface area contributed by atoms with E-state index < -0.39 is 0 Å². The first-order chi connectivity index (χ1) is 6.56. The maximum atomic E-state index is 11.3. The molecule has 0 aliphatic rings. The van der Waals surface area contributed by atoms with Crippen LogP contribution < -0.4 is 10.6 Å². The lowest BCUT2D eigenvalue weighted by Gasteiger charge is -2.11. The molecule has 0 radical (unpaired) electrons. The summed E-state index contributed by atoms with van der Waals surface area (Å²) in [5.41, 5.74) is 0. The molecule has 84 valence electrons. The van der Waals surface area contributed by atoms with E-state index in [0.717, 1.165) is 19.5 Å². The van der Waals surface area contributed by atoms with Gasteiger partial charge in [0.2, 0.25) is 5.91 Å². The highest BCUT2D eigenvalue weighted by Crippen LogP contribution is 1.97. The van der Waals surface area contributed by atoms with Crippen molar-refractivity contribution in [3.8, 4) is 0 Å². The summed E-state index contributed by atoms with van der Waals surface area (Å²) in [7, 11) is 0. The van der Waals surface area contributed by atoms with Gasteiger partial charge in [-0.2, -0.15) is 0 Å².